The molecule has 5 rings (SSSR count). The summed E-state index contributed by atoms with van der Waals surface area (Å²) in [6, 6.07) is 14.4. The summed E-state index contributed by atoms with van der Waals surface area (Å²) in [6.45, 7) is 0.712. The molecule has 1 aliphatic rings. The van der Waals surface area contributed by atoms with E-state index in [4.69, 9.17) is 4.98 Å². The zero-order chi connectivity index (χ0) is 17.3. The van der Waals surface area contributed by atoms with E-state index in [1.807, 2.05) is 35.1 Å². The lowest BCUT2D eigenvalue weighted by atomic mass is 10.1. The molecule has 0 bridgehead atoms. The highest BCUT2D eigenvalue weighted by molar-refractivity contribution is 5.92. The highest BCUT2D eigenvalue weighted by Gasteiger charge is 2.17. The van der Waals surface area contributed by atoms with Crippen molar-refractivity contribution >= 4 is 23.1 Å². The standard InChI is InChI=1S/C21H17N5.H2/c1-2-4-17-12-18(11-16(17)3-1)19-14-24-26-10-7-20(25-21(19)26)23-13-15-5-8-22-9-6-15;/h1-11,14H,12-13H2,(H,23,25);1H. The largest absolute Gasteiger partial charge is 0.366 e. The van der Waals surface area contributed by atoms with E-state index in [-0.39, 0.29) is 1.43 Å². The van der Waals surface area contributed by atoms with Crippen molar-refractivity contribution in [1.29, 1.82) is 0 Å². The topological polar surface area (TPSA) is 55.1 Å². The molecule has 4 aromatic rings. The van der Waals surface area contributed by atoms with Crippen LogP contribution < -0.4 is 5.32 Å². The van der Waals surface area contributed by atoms with Crippen LogP contribution in [-0.4, -0.2) is 19.6 Å². The van der Waals surface area contributed by atoms with Crippen molar-refractivity contribution in [1.82, 2.24) is 19.6 Å². The minimum atomic E-state index is 0. The number of hydrogen-bond acceptors (Lipinski definition) is 4. The van der Waals surface area contributed by atoms with E-state index >= 15 is 0 Å². The Kier molecular flexibility index (Phi) is 3.49. The zero-order valence-electron chi connectivity index (χ0n) is 14.1. The monoisotopic (exact) mass is 341 g/mol. The lowest BCUT2D eigenvalue weighted by Crippen LogP contribution is -2.03. The van der Waals surface area contributed by atoms with Crippen molar-refractivity contribution in [3.05, 3.63) is 89.5 Å². The maximum Gasteiger partial charge on any atom is 0.164 e. The lowest BCUT2D eigenvalue weighted by molar-refractivity contribution is 0.936. The number of nitrogens with zero attached hydrogens (tertiary/aromatic N) is 4. The number of fused-ring (bicyclic) bond motifs is 2. The third-order valence-corrected chi connectivity index (χ3v) is 4.70. The van der Waals surface area contributed by atoms with Gasteiger partial charge < -0.3 is 5.32 Å². The van der Waals surface area contributed by atoms with Crippen LogP contribution in [0.4, 0.5) is 5.82 Å². The first kappa shape index (κ1) is 14.8. The summed E-state index contributed by atoms with van der Waals surface area (Å²) in [5, 5.41) is 7.84. The summed E-state index contributed by atoms with van der Waals surface area (Å²) < 4.78 is 1.83. The molecular formula is C21H19N5. The molecule has 0 spiro atoms. The molecular weight excluding hydrogens is 322 g/mol. The molecule has 1 N–H and O–H groups in total. The number of aromatic nitrogens is 4. The molecule has 128 valence electrons. The quantitative estimate of drug-likeness (QED) is 0.608. The fourth-order valence-electron chi connectivity index (χ4n) is 3.34. The zero-order valence-corrected chi connectivity index (χ0v) is 14.1. The van der Waals surface area contributed by atoms with Crippen LogP contribution in [0.1, 0.15) is 23.7 Å². The van der Waals surface area contributed by atoms with Crippen molar-refractivity contribution in [2.75, 3.05) is 5.32 Å². The molecule has 5 heteroatoms. The second kappa shape index (κ2) is 6.11. The van der Waals surface area contributed by atoms with Gasteiger partial charge in [0, 0.05) is 32.1 Å². The summed E-state index contributed by atoms with van der Waals surface area (Å²) >= 11 is 0. The Morgan fingerprint density at radius 3 is 2.85 bits per heavy atom. The van der Waals surface area contributed by atoms with Crippen molar-refractivity contribution in [3.63, 3.8) is 0 Å². The minimum absolute atomic E-state index is 0. The average Bonchev–Trinajstić information content (AvgIpc) is 3.30. The van der Waals surface area contributed by atoms with Crippen LogP contribution in [0.15, 0.2) is 67.3 Å². The maximum atomic E-state index is 4.79. The molecule has 3 heterocycles. The summed E-state index contributed by atoms with van der Waals surface area (Å²) in [4.78, 5) is 8.84. The van der Waals surface area contributed by atoms with E-state index in [1.165, 1.54) is 22.3 Å². The van der Waals surface area contributed by atoms with Gasteiger partial charge in [-0.1, -0.05) is 30.3 Å². The smallest absolute Gasteiger partial charge is 0.164 e. The fraction of sp³-hybridized carbons (Fsp3) is 0.0952. The van der Waals surface area contributed by atoms with Crippen molar-refractivity contribution < 1.29 is 1.43 Å². The molecule has 0 unspecified atom stereocenters. The maximum absolute atomic E-state index is 4.79. The third kappa shape index (κ3) is 2.63. The summed E-state index contributed by atoms with van der Waals surface area (Å²) in [6.07, 6.45) is 10.6. The lowest BCUT2D eigenvalue weighted by Gasteiger charge is -2.06. The summed E-state index contributed by atoms with van der Waals surface area (Å²) in [7, 11) is 0. The van der Waals surface area contributed by atoms with E-state index < -0.39 is 0 Å². The molecule has 0 radical (unpaired) electrons. The third-order valence-electron chi connectivity index (χ3n) is 4.70. The average molecular weight is 341 g/mol. The van der Waals surface area contributed by atoms with Gasteiger partial charge in [0.1, 0.15) is 5.82 Å². The van der Waals surface area contributed by atoms with Crippen molar-refractivity contribution in [3.8, 4) is 0 Å². The number of anilines is 1. The second-order valence-corrected chi connectivity index (χ2v) is 6.39. The SMILES string of the molecule is C1=C(c2cnn3ccc(NCc4ccncc4)nc23)Cc2ccccc21.[HH]. The van der Waals surface area contributed by atoms with Crippen LogP contribution in [0.25, 0.3) is 17.3 Å². The first-order valence-corrected chi connectivity index (χ1v) is 8.63. The molecule has 1 aromatic carbocycles. The van der Waals surface area contributed by atoms with Crippen LogP contribution in [0, 0.1) is 0 Å². The molecule has 0 fully saturated rings. The fourth-order valence-corrected chi connectivity index (χ4v) is 3.34. The van der Waals surface area contributed by atoms with Gasteiger partial charge in [-0.25, -0.2) is 9.50 Å². The number of benzene rings is 1. The number of hydrogen-bond donors (Lipinski definition) is 1. The van der Waals surface area contributed by atoms with Gasteiger partial charge in [-0.15, -0.1) is 0 Å². The Balaban J connectivity index is 0.00000180. The van der Waals surface area contributed by atoms with Crippen LogP contribution in [0.5, 0.6) is 0 Å². The van der Waals surface area contributed by atoms with Gasteiger partial charge in [0.2, 0.25) is 0 Å². The Bertz CT molecular complexity index is 1120. The van der Waals surface area contributed by atoms with E-state index in [1.54, 1.807) is 12.4 Å². The van der Waals surface area contributed by atoms with Gasteiger partial charge in [0.05, 0.1) is 6.20 Å². The van der Waals surface area contributed by atoms with E-state index in [9.17, 15) is 0 Å². The van der Waals surface area contributed by atoms with Crippen LogP contribution >= 0.6 is 0 Å². The normalized spacial score (nSPS) is 12.8. The molecule has 0 atom stereocenters. The van der Waals surface area contributed by atoms with Gasteiger partial charge in [-0.2, -0.15) is 5.10 Å². The van der Waals surface area contributed by atoms with E-state index in [2.05, 4.69) is 45.7 Å². The predicted octanol–water partition coefficient (Wildman–Crippen LogP) is 4.08. The summed E-state index contributed by atoms with van der Waals surface area (Å²) in [5.74, 6) is 0.840. The van der Waals surface area contributed by atoms with E-state index in [0.717, 1.165) is 23.4 Å². The van der Waals surface area contributed by atoms with E-state index in [0.29, 0.717) is 6.54 Å². The predicted molar refractivity (Wildman–Crippen MR) is 105 cm³/mol. The van der Waals surface area contributed by atoms with Crippen LogP contribution in [-0.2, 0) is 13.0 Å². The van der Waals surface area contributed by atoms with Gasteiger partial charge in [-0.3, -0.25) is 4.98 Å². The Labute approximate surface area is 152 Å². The number of nitrogens with one attached hydrogen (secondary N) is 1. The Morgan fingerprint density at radius 1 is 1.08 bits per heavy atom. The molecule has 0 amide bonds. The van der Waals surface area contributed by atoms with Crippen LogP contribution in [0.3, 0.4) is 0 Å². The Morgan fingerprint density at radius 2 is 1.96 bits per heavy atom. The molecule has 0 saturated heterocycles. The molecule has 0 aliphatic heterocycles. The Hall–Kier alpha value is -3.47. The van der Waals surface area contributed by atoms with Crippen LogP contribution in [0.2, 0.25) is 0 Å². The highest BCUT2D eigenvalue weighted by Crippen LogP contribution is 2.33. The minimum Gasteiger partial charge on any atom is -0.366 e. The second-order valence-electron chi connectivity index (χ2n) is 6.39. The van der Waals surface area contributed by atoms with Crippen molar-refractivity contribution in [2.45, 2.75) is 13.0 Å². The van der Waals surface area contributed by atoms with Gasteiger partial charge in [0.25, 0.3) is 0 Å². The first-order chi connectivity index (χ1) is 12.9. The summed E-state index contributed by atoms with van der Waals surface area (Å²) in [5.41, 5.74) is 7.05. The molecule has 26 heavy (non-hydrogen) atoms. The number of pyridine rings is 1. The highest BCUT2D eigenvalue weighted by atomic mass is 15.2. The first-order valence-electron chi connectivity index (χ1n) is 8.63. The molecule has 3 aromatic heterocycles. The van der Waals surface area contributed by atoms with Crippen molar-refractivity contribution in [2.24, 2.45) is 0 Å². The number of rotatable bonds is 4. The van der Waals surface area contributed by atoms with Gasteiger partial charge in [0.15, 0.2) is 5.65 Å². The molecule has 5 nitrogen and oxygen atoms in total. The number of allylic oxidation sites excluding steroid dienone is 1. The van der Waals surface area contributed by atoms with Gasteiger partial charge >= 0.3 is 0 Å². The molecule has 1 aliphatic carbocycles. The molecule has 0 saturated carbocycles. The van der Waals surface area contributed by atoms with Gasteiger partial charge in [-0.05, 0) is 46.9 Å².